The lowest BCUT2D eigenvalue weighted by Gasteiger charge is -2.20. The zero-order valence-electron chi connectivity index (χ0n) is 12.1. The lowest BCUT2D eigenvalue weighted by molar-refractivity contribution is 0.0265. The average molecular weight is 290 g/mol. The maximum atomic E-state index is 12.3. The number of aliphatic hydroxyl groups is 1. The van der Waals surface area contributed by atoms with Gasteiger partial charge in [-0.1, -0.05) is 0 Å². The van der Waals surface area contributed by atoms with E-state index >= 15 is 0 Å². The number of aromatic nitrogens is 3. The zero-order valence-corrected chi connectivity index (χ0v) is 12.1. The highest BCUT2D eigenvalue weighted by Gasteiger charge is 2.32. The van der Waals surface area contributed by atoms with E-state index in [0.717, 1.165) is 11.4 Å². The molecule has 0 spiro atoms. The Labute approximate surface area is 121 Å². The topological polar surface area (TPSA) is 88.8 Å². The van der Waals surface area contributed by atoms with Crippen LogP contribution in [0, 0.1) is 13.8 Å². The van der Waals surface area contributed by atoms with E-state index in [2.05, 4.69) is 15.4 Å². The van der Waals surface area contributed by atoms with Crippen molar-refractivity contribution < 1.29 is 14.6 Å². The maximum absolute atomic E-state index is 12.3. The molecule has 1 fully saturated rings. The molecule has 0 aromatic carbocycles. The molecule has 2 N–H and O–H groups in total. The van der Waals surface area contributed by atoms with Gasteiger partial charge in [0.15, 0.2) is 5.65 Å². The fourth-order valence-electron chi connectivity index (χ4n) is 2.51. The van der Waals surface area contributed by atoms with Crippen molar-refractivity contribution in [2.75, 3.05) is 19.8 Å². The summed E-state index contributed by atoms with van der Waals surface area (Å²) in [6.45, 7) is 4.71. The molecule has 0 radical (unpaired) electrons. The Kier molecular flexibility index (Phi) is 3.38. The molecule has 2 aromatic heterocycles. The van der Waals surface area contributed by atoms with Gasteiger partial charge in [0.2, 0.25) is 0 Å². The molecule has 3 heterocycles. The van der Waals surface area contributed by atoms with Gasteiger partial charge in [-0.15, -0.1) is 0 Å². The van der Waals surface area contributed by atoms with Gasteiger partial charge in [0.05, 0.1) is 12.8 Å². The van der Waals surface area contributed by atoms with Crippen LogP contribution in [0.1, 0.15) is 28.2 Å². The second-order valence-electron chi connectivity index (χ2n) is 5.54. The molecule has 1 atom stereocenters. The van der Waals surface area contributed by atoms with E-state index in [-0.39, 0.29) is 19.1 Å². The number of hydrogen-bond acceptors (Lipinski definition) is 5. The van der Waals surface area contributed by atoms with Crippen molar-refractivity contribution in [3.63, 3.8) is 0 Å². The SMILES string of the molecule is Cc1cc(C)n2ncc(C(=O)NCC3(O)CCOC3)c2n1. The van der Waals surface area contributed by atoms with Gasteiger partial charge in [-0.3, -0.25) is 4.79 Å². The molecule has 1 amide bonds. The van der Waals surface area contributed by atoms with Gasteiger partial charge in [-0.05, 0) is 19.9 Å². The molecule has 7 heteroatoms. The summed E-state index contributed by atoms with van der Waals surface area (Å²) in [7, 11) is 0. The highest BCUT2D eigenvalue weighted by molar-refractivity contribution is 5.99. The van der Waals surface area contributed by atoms with Crippen LogP contribution < -0.4 is 5.32 Å². The van der Waals surface area contributed by atoms with Crippen LogP contribution in [-0.2, 0) is 4.74 Å². The number of rotatable bonds is 3. The van der Waals surface area contributed by atoms with E-state index in [1.807, 2.05) is 19.9 Å². The minimum Gasteiger partial charge on any atom is -0.386 e. The highest BCUT2D eigenvalue weighted by Crippen LogP contribution is 2.17. The molecule has 1 aliphatic heterocycles. The third-order valence-corrected chi connectivity index (χ3v) is 3.68. The van der Waals surface area contributed by atoms with Crippen molar-refractivity contribution >= 4 is 11.6 Å². The van der Waals surface area contributed by atoms with Crippen LogP contribution in [-0.4, -0.2) is 51.0 Å². The second kappa shape index (κ2) is 5.09. The van der Waals surface area contributed by atoms with Gasteiger partial charge in [-0.25, -0.2) is 9.50 Å². The first kappa shape index (κ1) is 14.0. The quantitative estimate of drug-likeness (QED) is 0.844. The first-order valence-corrected chi connectivity index (χ1v) is 6.89. The highest BCUT2D eigenvalue weighted by atomic mass is 16.5. The van der Waals surface area contributed by atoms with E-state index in [1.165, 1.54) is 6.20 Å². The molecule has 3 rings (SSSR count). The summed E-state index contributed by atoms with van der Waals surface area (Å²) in [5, 5.41) is 17.1. The normalized spacial score (nSPS) is 21.9. The summed E-state index contributed by atoms with van der Waals surface area (Å²) in [6, 6.07) is 1.90. The third-order valence-electron chi connectivity index (χ3n) is 3.68. The van der Waals surface area contributed by atoms with Crippen molar-refractivity contribution in [1.29, 1.82) is 0 Å². The lowest BCUT2D eigenvalue weighted by atomic mass is 10.0. The monoisotopic (exact) mass is 290 g/mol. The summed E-state index contributed by atoms with van der Waals surface area (Å²) >= 11 is 0. The number of ether oxygens (including phenoxy) is 1. The predicted molar refractivity (Wildman–Crippen MR) is 75.2 cm³/mol. The van der Waals surface area contributed by atoms with Crippen LogP contribution in [0.15, 0.2) is 12.3 Å². The number of nitrogens with one attached hydrogen (secondary N) is 1. The Morgan fingerprint density at radius 2 is 2.38 bits per heavy atom. The Hall–Kier alpha value is -1.99. The third kappa shape index (κ3) is 2.62. The standard InChI is InChI=1S/C14H18N4O3/c1-9-5-10(2)18-12(17-9)11(6-16-18)13(19)15-7-14(20)3-4-21-8-14/h5-6,20H,3-4,7-8H2,1-2H3,(H,15,19). The van der Waals surface area contributed by atoms with Crippen LogP contribution in [0.2, 0.25) is 0 Å². The summed E-state index contributed by atoms with van der Waals surface area (Å²) in [5.41, 5.74) is 1.71. The fraction of sp³-hybridized carbons (Fsp3) is 0.500. The first-order valence-electron chi connectivity index (χ1n) is 6.89. The number of amides is 1. The van der Waals surface area contributed by atoms with Gasteiger partial charge < -0.3 is 15.2 Å². The smallest absolute Gasteiger partial charge is 0.256 e. The van der Waals surface area contributed by atoms with E-state index in [4.69, 9.17) is 4.74 Å². The molecule has 7 nitrogen and oxygen atoms in total. The number of fused-ring (bicyclic) bond motifs is 1. The van der Waals surface area contributed by atoms with Gasteiger partial charge in [0, 0.05) is 31.0 Å². The number of carbonyl (C=O) groups is 1. The average Bonchev–Trinajstić information content (AvgIpc) is 3.03. The Morgan fingerprint density at radius 1 is 1.57 bits per heavy atom. The molecular weight excluding hydrogens is 272 g/mol. The molecule has 0 aliphatic carbocycles. The number of nitrogens with zero attached hydrogens (tertiary/aromatic N) is 3. The van der Waals surface area contributed by atoms with Crippen molar-refractivity contribution in [2.24, 2.45) is 0 Å². The molecule has 1 unspecified atom stereocenters. The predicted octanol–water partition coefficient (Wildman–Crippen LogP) is 0.227. The van der Waals surface area contributed by atoms with Gasteiger partial charge in [0.1, 0.15) is 11.2 Å². The Morgan fingerprint density at radius 3 is 3.10 bits per heavy atom. The molecule has 112 valence electrons. The molecule has 1 saturated heterocycles. The van der Waals surface area contributed by atoms with E-state index in [1.54, 1.807) is 4.52 Å². The summed E-state index contributed by atoms with van der Waals surface area (Å²) < 4.78 is 6.79. The second-order valence-corrected chi connectivity index (χ2v) is 5.54. The van der Waals surface area contributed by atoms with Crippen molar-refractivity contribution in [3.05, 3.63) is 29.2 Å². The van der Waals surface area contributed by atoms with Crippen molar-refractivity contribution in [3.8, 4) is 0 Å². The molecule has 2 aromatic rings. The van der Waals surface area contributed by atoms with Crippen LogP contribution in [0.25, 0.3) is 5.65 Å². The fourth-order valence-corrected chi connectivity index (χ4v) is 2.51. The van der Waals surface area contributed by atoms with E-state index in [9.17, 15) is 9.90 Å². The van der Waals surface area contributed by atoms with Crippen LogP contribution in [0.4, 0.5) is 0 Å². The first-order chi connectivity index (χ1) is 9.98. The zero-order chi connectivity index (χ0) is 15.0. The van der Waals surface area contributed by atoms with Crippen LogP contribution in [0.5, 0.6) is 0 Å². The number of carbonyl (C=O) groups excluding carboxylic acids is 1. The minimum absolute atomic E-state index is 0.161. The Bertz CT molecular complexity index is 689. The summed E-state index contributed by atoms with van der Waals surface area (Å²) in [6.07, 6.45) is 2.03. The minimum atomic E-state index is -0.974. The van der Waals surface area contributed by atoms with Crippen molar-refractivity contribution in [1.82, 2.24) is 19.9 Å². The number of aryl methyl sites for hydroxylation is 2. The van der Waals surface area contributed by atoms with Crippen molar-refractivity contribution in [2.45, 2.75) is 25.9 Å². The van der Waals surface area contributed by atoms with Gasteiger partial charge in [-0.2, -0.15) is 5.10 Å². The van der Waals surface area contributed by atoms with Crippen LogP contribution in [0.3, 0.4) is 0 Å². The van der Waals surface area contributed by atoms with Gasteiger partial charge >= 0.3 is 0 Å². The molecule has 21 heavy (non-hydrogen) atoms. The van der Waals surface area contributed by atoms with Gasteiger partial charge in [0.25, 0.3) is 5.91 Å². The largest absolute Gasteiger partial charge is 0.386 e. The molecular formula is C14H18N4O3. The lowest BCUT2D eigenvalue weighted by Crippen LogP contribution is -2.43. The van der Waals surface area contributed by atoms with E-state index in [0.29, 0.717) is 24.2 Å². The maximum Gasteiger partial charge on any atom is 0.256 e. The Balaban J connectivity index is 1.81. The molecule has 0 saturated carbocycles. The van der Waals surface area contributed by atoms with E-state index < -0.39 is 5.60 Å². The van der Waals surface area contributed by atoms with Crippen LogP contribution >= 0.6 is 0 Å². The number of hydrogen-bond donors (Lipinski definition) is 2. The summed E-state index contributed by atoms with van der Waals surface area (Å²) in [4.78, 5) is 16.7. The molecule has 0 bridgehead atoms. The summed E-state index contributed by atoms with van der Waals surface area (Å²) in [5.74, 6) is -0.289. The molecule has 1 aliphatic rings.